The minimum Gasteiger partial charge on any atom is -0.495 e. The van der Waals surface area contributed by atoms with E-state index in [2.05, 4.69) is 13.0 Å². The van der Waals surface area contributed by atoms with Crippen molar-refractivity contribution in [2.24, 2.45) is 5.92 Å². The molecule has 0 aliphatic rings. The highest BCUT2D eigenvalue weighted by atomic mass is 35.5. The minimum atomic E-state index is 0.438. The smallest absolute Gasteiger partial charge is 0.140 e. The second kappa shape index (κ2) is 6.17. The zero-order chi connectivity index (χ0) is 12.1. The lowest BCUT2D eigenvalue weighted by Crippen LogP contribution is -1.99. The standard InChI is InChI=1S/C13H16Cl2O/c1-4-5-9(2)6-10-7-11(14)8-12(15)13(10)16-3/h4-5,7-9H,6H2,1-3H3/b5-4-. The SMILES string of the molecule is C/C=C\C(C)Cc1cc(Cl)cc(Cl)c1OC. The van der Waals surface area contributed by atoms with Gasteiger partial charge in [-0.05, 0) is 37.0 Å². The molecule has 0 aliphatic heterocycles. The average Bonchev–Trinajstić information content (AvgIpc) is 2.17. The van der Waals surface area contributed by atoms with E-state index in [1.54, 1.807) is 13.2 Å². The van der Waals surface area contributed by atoms with Crippen LogP contribution in [0.3, 0.4) is 0 Å². The van der Waals surface area contributed by atoms with Crippen molar-refractivity contribution in [3.8, 4) is 5.75 Å². The van der Waals surface area contributed by atoms with E-state index in [0.29, 0.717) is 16.0 Å². The third kappa shape index (κ3) is 3.43. The number of hydrogen-bond acceptors (Lipinski definition) is 1. The molecule has 0 aliphatic carbocycles. The number of halogens is 2. The Morgan fingerprint density at radius 3 is 2.62 bits per heavy atom. The van der Waals surface area contributed by atoms with Gasteiger partial charge in [0.15, 0.2) is 0 Å². The van der Waals surface area contributed by atoms with Gasteiger partial charge >= 0.3 is 0 Å². The predicted molar refractivity (Wildman–Crippen MR) is 70.7 cm³/mol. The van der Waals surface area contributed by atoms with Crippen LogP contribution in [0.25, 0.3) is 0 Å². The van der Waals surface area contributed by atoms with Crippen LogP contribution in [-0.2, 0) is 6.42 Å². The van der Waals surface area contributed by atoms with E-state index in [1.165, 1.54) is 0 Å². The summed E-state index contributed by atoms with van der Waals surface area (Å²) in [5.74, 6) is 1.16. The van der Waals surface area contributed by atoms with Crippen LogP contribution >= 0.6 is 23.2 Å². The van der Waals surface area contributed by atoms with Crippen molar-refractivity contribution >= 4 is 23.2 Å². The Balaban J connectivity index is 3.02. The van der Waals surface area contributed by atoms with Gasteiger partial charge in [0, 0.05) is 5.02 Å². The van der Waals surface area contributed by atoms with Crippen molar-refractivity contribution in [1.82, 2.24) is 0 Å². The Kier molecular flexibility index (Phi) is 5.17. The van der Waals surface area contributed by atoms with Gasteiger partial charge in [-0.2, -0.15) is 0 Å². The van der Waals surface area contributed by atoms with Crippen molar-refractivity contribution < 1.29 is 4.74 Å². The summed E-state index contributed by atoms with van der Waals surface area (Å²) in [5, 5.41) is 1.21. The van der Waals surface area contributed by atoms with Gasteiger partial charge in [-0.25, -0.2) is 0 Å². The fourth-order valence-corrected chi connectivity index (χ4v) is 2.35. The lowest BCUT2D eigenvalue weighted by molar-refractivity contribution is 0.408. The molecule has 0 fully saturated rings. The molecule has 0 aromatic heterocycles. The van der Waals surface area contributed by atoms with Gasteiger partial charge in [0.1, 0.15) is 5.75 Å². The van der Waals surface area contributed by atoms with Gasteiger partial charge in [0.05, 0.1) is 12.1 Å². The molecule has 0 saturated carbocycles. The van der Waals surface area contributed by atoms with E-state index >= 15 is 0 Å². The highest BCUT2D eigenvalue weighted by Crippen LogP contribution is 2.33. The van der Waals surface area contributed by atoms with E-state index in [0.717, 1.165) is 17.7 Å². The van der Waals surface area contributed by atoms with E-state index in [1.807, 2.05) is 19.1 Å². The van der Waals surface area contributed by atoms with Gasteiger partial charge in [0.2, 0.25) is 0 Å². The van der Waals surface area contributed by atoms with Crippen molar-refractivity contribution in [2.45, 2.75) is 20.3 Å². The molecule has 0 N–H and O–H groups in total. The molecule has 1 aromatic carbocycles. The lowest BCUT2D eigenvalue weighted by Gasteiger charge is -2.13. The van der Waals surface area contributed by atoms with Crippen LogP contribution in [-0.4, -0.2) is 7.11 Å². The van der Waals surface area contributed by atoms with E-state index in [-0.39, 0.29) is 0 Å². The summed E-state index contributed by atoms with van der Waals surface area (Å²) in [6.45, 7) is 4.16. The molecule has 1 atom stereocenters. The monoisotopic (exact) mass is 258 g/mol. The Morgan fingerprint density at radius 1 is 1.38 bits per heavy atom. The molecular formula is C13H16Cl2O. The fourth-order valence-electron chi connectivity index (χ4n) is 1.74. The summed E-state index contributed by atoms with van der Waals surface area (Å²) < 4.78 is 5.30. The summed E-state index contributed by atoms with van der Waals surface area (Å²) in [4.78, 5) is 0. The van der Waals surface area contributed by atoms with Crippen LogP contribution < -0.4 is 4.74 Å². The van der Waals surface area contributed by atoms with Gasteiger partial charge in [-0.3, -0.25) is 0 Å². The maximum Gasteiger partial charge on any atom is 0.140 e. The predicted octanol–water partition coefficient (Wildman–Crippen LogP) is 4.76. The first kappa shape index (κ1) is 13.4. The molecule has 0 bridgehead atoms. The van der Waals surface area contributed by atoms with Crippen LogP contribution in [0.5, 0.6) is 5.75 Å². The molecule has 0 heterocycles. The molecule has 16 heavy (non-hydrogen) atoms. The van der Waals surface area contributed by atoms with Crippen LogP contribution in [0.2, 0.25) is 10.0 Å². The normalized spacial score (nSPS) is 13.1. The fraction of sp³-hybridized carbons (Fsp3) is 0.385. The van der Waals surface area contributed by atoms with Crippen LogP contribution in [0.1, 0.15) is 19.4 Å². The van der Waals surface area contributed by atoms with Crippen LogP contribution in [0.4, 0.5) is 0 Å². The van der Waals surface area contributed by atoms with Gasteiger partial charge < -0.3 is 4.74 Å². The lowest BCUT2D eigenvalue weighted by atomic mass is 10.00. The summed E-state index contributed by atoms with van der Waals surface area (Å²) in [7, 11) is 1.62. The van der Waals surface area contributed by atoms with Crippen LogP contribution in [0.15, 0.2) is 24.3 Å². The highest BCUT2D eigenvalue weighted by Gasteiger charge is 2.11. The molecule has 0 radical (unpaired) electrons. The second-order valence-electron chi connectivity index (χ2n) is 3.79. The van der Waals surface area contributed by atoms with Gasteiger partial charge in [-0.1, -0.05) is 42.3 Å². The van der Waals surface area contributed by atoms with Crippen molar-refractivity contribution in [3.63, 3.8) is 0 Å². The van der Waals surface area contributed by atoms with Crippen LogP contribution in [0, 0.1) is 5.92 Å². The van der Waals surface area contributed by atoms with Crippen molar-refractivity contribution in [3.05, 3.63) is 39.9 Å². The average molecular weight is 259 g/mol. The quantitative estimate of drug-likeness (QED) is 0.708. The van der Waals surface area contributed by atoms with E-state index < -0.39 is 0 Å². The first-order chi connectivity index (χ1) is 7.58. The Labute approximate surface area is 107 Å². The Morgan fingerprint density at radius 2 is 2.06 bits per heavy atom. The maximum absolute atomic E-state index is 6.07. The summed E-state index contributed by atoms with van der Waals surface area (Å²) in [6, 6.07) is 3.61. The number of ether oxygens (including phenoxy) is 1. The number of hydrogen-bond donors (Lipinski definition) is 0. The molecule has 88 valence electrons. The topological polar surface area (TPSA) is 9.23 Å². The number of methoxy groups -OCH3 is 1. The van der Waals surface area contributed by atoms with Gasteiger partial charge in [-0.15, -0.1) is 0 Å². The molecule has 1 aromatic rings. The summed E-state index contributed by atoms with van der Waals surface area (Å²) in [6.07, 6.45) is 5.06. The summed E-state index contributed by atoms with van der Waals surface area (Å²) >= 11 is 12.0. The Bertz CT molecular complexity index is 386. The molecule has 1 nitrogen and oxygen atoms in total. The molecule has 3 heteroatoms. The molecule has 0 saturated heterocycles. The number of allylic oxidation sites excluding steroid dienone is 2. The van der Waals surface area contributed by atoms with E-state index in [4.69, 9.17) is 27.9 Å². The molecule has 1 rings (SSSR count). The molecule has 0 spiro atoms. The molecule has 1 unspecified atom stereocenters. The van der Waals surface area contributed by atoms with Crippen molar-refractivity contribution in [1.29, 1.82) is 0 Å². The zero-order valence-electron chi connectivity index (χ0n) is 9.76. The third-order valence-electron chi connectivity index (χ3n) is 2.35. The first-order valence-electron chi connectivity index (χ1n) is 5.23. The van der Waals surface area contributed by atoms with Crippen molar-refractivity contribution in [2.75, 3.05) is 7.11 Å². The number of benzene rings is 1. The highest BCUT2D eigenvalue weighted by molar-refractivity contribution is 6.35. The maximum atomic E-state index is 6.07. The Hall–Kier alpha value is -0.660. The molecular weight excluding hydrogens is 243 g/mol. The number of rotatable bonds is 4. The largest absolute Gasteiger partial charge is 0.495 e. The first-order valence-corrected chi connectivity index (χ1v) is 5.98. The summed E-state index contributed by atoms with van der Waals surface area (Å²) in [5.41, 5.74) is 1.05. The third-order valence-corrected chi connectivity index (χ3v) is 2.85. The second-order valence-corrected chi connectivity index (χ2v) is 4.63. The minimum absolute atomic E-state index is 0.438. The van der Waals surface area contributed by atoms with E-state index in [9.17, 15) is 0 Å². The zero-order valence-corrected chi connectivity index (χ0v) is 11.3. The molecule has 0 amide bonds. The van der Waals surface area contributed by atoms with Gasteiger partial charge in [0.25, 0.3) is 0 Å².